The average molecular weight is 214 g/mol. The molecule has 2 aliphatic carbocycles. The van der Waals surface area contributed by atoms with E-state index in [1.54, 1.807) is 0 Å². The minimum absolute atomic E-state index is 0.00232. The number of hydrogen-bond acceptors (Lipinski definition) is 4. The van der Waals surface area contributed by atoms with Crippen molar-refractivity contribution >= 4 is 6.16 Å². The first-order valence-corrected chi connectivity index (χ1v) is 5.80. The third-order valence-electron chi connectivity index (χ3n) is 3.22. The smallest absolute Gasteiger partial charge is 0.431 e. The number of ether oxygens (including phenoxy) is 2. The summed E-state index contributed by atoms with van der Waals surface area (Å²) in [5.41, 5.74) is 0. The number of hydrogen-bond donors (Lipinski definition) is 1. The Morgan fingerprint density at radius 2 is 1.73 bits per heavy atom. The maximum atomic E-state index is 11.4. The zero-order valence-electron chi connectivity index (χ0n) is 8.91. The van der Waals surface area contributed by atoms with Crippen LogP contribution < -0.4 is 0 Å². The Kier molecular flexibility index (Phi) is 3.14. The molecule has 0 radical (unpaired) electrons. The van der Waals surface area contributed by atoms with Crippen LogP contribution in [0.3, 0.4) is 0 Å². The summed E-state index contributed by atoms with van der Waals surface area (Å²) in [6.07, 6.45) is 6.26. The summed E-state index contributed by atoms with van der Waals surface area (Å²) < 4.78 is 10.1. The molecule has 4 heteroatoms. The quantitative estimate of drug-likeness (QED) is 0.566. The number of carbonyl (C=O) groups excluding carboxylic acids is 1. The van der Waals surface area contributed by atoms with Gasteiger partial charge in [-0.1, -0.05) is 0 Å². The van der Waals surface area contributed by atoms with Crippen LogP contribution in [-0.4, -0.2) is 23.2 Å². The fourth-order valence-electron chi connectivity index (χ4n) is 2.35. The molecule has 1 N–H and O–H groups in total. The van der Waals surface area contributed by atoms with Crippen molar-refractivity contribution in [1.29, 1.82) is 0 Å². The van der Waals surface area contributed by atoms with E-state index in [1.807, 2.05) is 0 Å². The van der Waals surface area contributed by atoms with Crippen molar-refractivity contribution in [2.75, 3.05) is 0 Å². The first-order chi connectivity index (χ1) is 7.18. The molecule has 4 nitrogen and oxygen atoms in total. The molecule has 0 aromatic heterocycles. The lowest BCUT2D eigenvalue weighted by molar-refractivity contribution is -0.174. The highest BCUT2D eigenvalue weighted by atomic mass is 16.8. The van der Waals surface area contributed by atoms with Crippen LogP contribution in [0.1, 0.15) is 51.4 Å². The molecule has 2 aliphatic rings. The fraction of sp³-hybridized carbons (Fsp3) is 0.909. The van der Waals surface area contributed by atoms with Gasteiger partial charge < -0.3 is 14.6 Å². The van der Waals surface area contributed by atoms with Crippen LogP contribution in [0.2, 0.25) is 0 Å². The Bertz CT molecular complexity index is 227. The van der Waals surface area contributed by atoms with E-state index in [0.29, 0.717) is 12.8 Å². The van der Waals surface area contributed by atoms with Gasteiger partial charge in [-0.05, 0) is 38.5 Å². The summed E-state index contributed by atoms with van der Waals surface area (Å²) in [6, 6.07) is 0. The highest BCUT2D eigenvalue weighted by Crippen LogP contribution is 2.31. The van der Waals surface area contributed by atoms with Crippen LogP contribution in [0, 0.1) is 0 Å². The first kappa shape index (κ1) is 10.7. The van der Waals surface area contributed by atoms with Gasteiger partial charge in [-0.15, -0.1) is 0 Å². The third-order valence-corrected chi connectivity index (χ3v) is 3.22. The third kappa shape index (κ3) is 2.84. The monoisotopic (exact) mass is 214 g/mol. The molecule has 0 aliphatic heterocycles. The van der Waals surface area contributed by atoms with E-state index in [-0.39, 0.29) is 6.10 Å². The van der Waals surface area contributed by atoms with Gasteiger partial charge in [-0.3, -0.25) is 0 Å². The Hall–Kier alpha value is -0.770. The molecular formula is C11H18O4. The predicted octanol–water partition coefficient (Wildman–Crippen LogP) is 2.34. The lowest BCUT2D eigenvalue weighted by Gasteiger charge is -2.22. The van der Waals surface area contributed by atoms with Gasteiger partial charge in [-0.25, -0.2) is 4.79 Å². The van der Waals surface area contributed by atoms with Crippen LogP contribution in [0.25, 0.3) is 0 Å². The Labute approximate surface area is 89.6 Å². The van der Waals surface area contributed by atoms with Crippen molar-refractivity contribution in [3.05, 3.63) is 0 Å². The second kappa shape index (κ2) is 4.39. The van der Waals surface area contributed by atoms with Gasteiger partial charge in [-0.2, -0.15) is 0 Å². The number of carbonyl (C=O) groups is 1. The second-order valence-corrected chi connectivity index (χ2v) is 4.53. The molecule has 86 valence electrons. The minimum Gasteiger partial charge on any atom is -0.431 e. The maximum Gasteiger partial charge on any atom is 0.511 e. The Balaban J connectivity index is 1.76. The van der Waals surface area contributed by atoms with Crippen LogP contribution in [-0.2, 0) is 9.47 Å². The summed E-state index contributed by atoms with van der Waals surface area (Å²) >= 11 is 0. The van der Waals surface area contributed by atoms with Crippen molar-refractivity contribution in [2.24, 2.45) is 0 Å². The highest BCUT2D eigenvalue weighted by molar-refractivity contribution is 5.60. The molecule has 2 rings (SSSR count). The maximum absolute atomic E-state index is 11.4. The fourth-order valence-corrected chi connectivity index (χ4v) is 2.35. The largest absolute Gasteiger partial charge is 0.511 e. The van der Waals surface area contributed by atoms with Crippen LogP contribution in [0.15, 0.2) is 0 Å². The van der Waals surface area contributed by atoms with Crippen molar-refractivity contribution in [1.82, 2.24) is 0 Å². The van der Waals surface area contributed by atoms with Crippen molar-refractivity contribution in [3.63, 3.8) is 0 Å². The molecule has 0 unspecified atom stereocenters. The van der Waals surface area contributed by atoms with E-state index < -0.39 is 11.9 Å². The molecule has 0 aromatic rings. The number of aliphatic hydroxyl groups is 1. The topological polar surface area (TPSA) is 55.8 Å². The van der Waals surface area contributed by atoms with Crippen molar-refractivity contribution in [2.45, 2.75) is 63.3 Å². The van der Waals surface area contributed by atoms with Gasteiger partial charge >= 0.3 is 6.16 Å². The molecule has 2 fully saturated rings. The molecular weight excluding hydrogens is 196 g/mol. The zero-order chi connectivity index (χ0) is 10.7. The summed E-state index contributed by atoms with van der Waals surface area (Å²) in [5, 5.41) is 9.81. The first-order valence-electron chi connectivity index (χ1n) is 5.80. The Morgan fingerprint density at radius 3 is 2.33 bits per heavy atom. The molecule has 2 saturated carbocycles. The summed E-state index contributed by atoms with van der Waals surface area (Å²) in [4.78, 5) is 11.4. The molecule has 0 atom stereocenters. The standard InChI is InChI=1S/C11H18O4/c12-10(14-9-5-1-2-6-9)15-11(13)7-3-4-8-11/h9,13H,1-8H2. The van der Waals surface area contributed by atoms with Crippen molar-refractivity contribution in [3.8, 4) is 0 Å². The van der Waals surface area contributed by atoms with Gasteiger partial charge in [0.2, 0.25) is 5.79 Å². The highest BCUT2D eigenvalue weighted by Gasteiger charge is 2.36. The van der Waals surface area contributed by atoms with Gasteiger partial charge in [0.05, 0.1) is 0 Å². The average Bonchev–Trinajstić information content (AvgIpc) is 2.76. The molecule has 0 spiro atoms. The lowest BCUT2D eigenvalue weighted by Crippen LogP contribution is -2.32. The van der Waals surface area contributed by atoms with Gasteiger partial charge in [0, 0.05) is 12.8 Å². The van der Waals surface area contributed by atoms with Gasteiger partial charge in [0.25, 0.3) is 0 Å². The normalized spacial score (nSPS) is 25.4. The van der Waals surface area contributed by atoms with Crippen LogP contribution in [0.4, 0.5) is 4.79 Å². The molecule has 0 heterocycles. The molecule has 0 saturated heterocycles. The van der Waals surface area contributed by atoms with Crippen LogP contribution >= 0.6 is 0 Å². The van der Waals surface area contributed by atoms with Gasteiger partial charge in [0.1, 0.15) is 6.10 Å². The van der Waals surface area contributed by atoms with E-state index in [2.05, 4.69) is 0 Å². The SMILES string of the molecule is O=C(OC1CCCC1)OC1(O)CCCC1. The molecule has 15 heavy (non-hydrogen) atoms. The lowest BCUT2D eigenvalue weighted by atomic mass is 10.2. The van der Waals surface area contributed by atoms with E-state index in [0.717, 1.165) is 38.5 Å². The van der Waals surface area contributed by atoms with Crippen LogP contribution in [0.5, 0.6) is 0 Å². The summed E-state index contributed by atoms with van der Waals surface area (Å²) in [7, 11) is 0. The van der Waals surface area contributed by atoms with E-state index in [1.165, 1.54) is 0 Å². The summed E-state index contributed by atoms with van der Waals surface area (Å²) in [5.74, 6) is -1.25. The number of rotatable bonds is 2. The second-order valence-electron chi connectivity index (χ2n) is 4.53. The molecule has 0 bridgehead atoms. The van der Waals surface area contributed by atoms with E-state index in [9.17, 15) is 9.90 Å². The minimum atomic E-state index is -1.25. The predicted molar refractivity (Wildman–Crippen MR) is 53.2 cm³/mol. The van der Waals surface area contributed by atoms with Gasteiger partial charge in [0.15, 0.2) is 0 Å². The molecule has 0 aromatic carbocycles. The van der Waals surface area contributed by atoms with E-state index >= 15 is 0 Å². The van der Waals surface area contributed by atoms with Crippen molar-refractivity contribution < 1.29 is 19.4 Å². The van der Waals surface area contributed by atoms with E-state index in [4.69, 9.17) is 9.47 Å². The molecule has 0 amide bonds. The zero-order valence-corrected chi connectivity index (χ0v) is 8.91. The Morgan fingerprint density at radius 1 is 1.13 bits per heavy atom. The summed E-state index contributed by atoms with van der Waals surface area (Å²) in [6.45, 7) is 0.